The number of aryl methyl sites for hydroxylation is 1. The Morgan fingerprint density at radius 2 is 1.90 bits per heavy atom. The molecule has 1 N–H and O–H groups in total. The highest BCUT2D eigenvalue weighted by Crippen LogP contribution is 2.31. The second-order valence-electron chi connectivity index (χ2n) is 8.38. The predicted molar refractivity (Wildman–Crippen MR) is 118 cm³/mol. The fraction of sp³-hybridized carbons (Fsp3) is 0.440. The highest BCUT2D eigenvalue weighted by Gasteiger charge is 2.38. The van der Waals surface area contributed by atoms with Crippen LogP contribution in [0.2, 0.25) is 0 Å². The van der Waals surface area contributed by atoms with Gasteiger partial charge in [0.25, 0.3) is 0 Å². The van der Waals surface area contributed by atoms with Gasteiger partial charge < -0.3 is 15.0 Å². The van der Waals surface area contributed by atoms with Crippen molar-refractivity contribution in [2.45, 2.75) is 57.5 Å². The number of amides is 2. The lowest BCUT2D eigenvalue weighted by molar-refractivity contribution is -0.131. The highest BCUT2D eigenvalue weighted by atomic mass is 19.1. The summed E-state index contributed by atoms with van der Waals surface area (Å²) in [7, 11) is 3.28. The molecule has 2 amide bonds. The molecule has 2 aromatic rings. The molecule has 6 heteroatoms. The fourth-order valence-electron chi connectivity index (χ4n) is 4.12. The Balaban J connectivity index is 1.64. The molecule has 0 aromatic heterocycles. The standard InChI is InChI=1S/C25H31FN2O3/c1-4-18-5-7-19(8-6-18)17-28(2)24(30)12-14-25(13-11-23(29)27-25)16-20-9-10-21(31-3)15-22(20)26/h5-10,15H,4,11-14,16-17H2,1-3H3,(H,27,29). The van der Waals surface area contributed by atoms with Gasteiger partial charge in [0.15, 0.2) is 0 Å². The van der Waals surface area contributed by atoms with Crippen molar-refractivity contribution in [2.75, 3.05) is 14.2 Å². The van der Waals surface area contributed by atoms with Crippen LogP contribution in [-0.4, -0.2) is 36.4 Å². The van der Waals surface area contributed by atoms with Gasteiger partial charge in [-0.1, -0.05) is 37.3 Å². The molecule has 2 aromatic carbocycles. The van der Waals surface area contributed by atoms with Crippen molar-refractivity contribution in [1.29, 1.82) is 0 Å². The average molecular weight is 427 g/mol. The van der Waals surface area contributed by atoms with E-state index in [4.69, 9.17) is 4.74 Å². The monoisotopic (exact) mass is 426 g/mol. The number of rotatable bonds is 9. The molecule has 1 fully saturated rings. The number of hydrogen-bond acceptors (Lipinski definition) is 3. The molecule has 0 radical (unpaired) electrons. The van der Waals surface area contributed by atoms with Crippen molar-refractivity contribution in [3.05, 3.63) is 65.0 Å². The molecule has 1 unspecified atom stereocenters. The van der Waals surface area contributed by atoms with Gasteiger partial charge in [0.05, 0.1) is 7.11 Å². The van der Waals surface area contributed by atoms with Gasteiger partial charge in [-0.05, 0) is 48.4 Å². The number of ether oxygens (including phenoxy) is 1. The minimum Gasteiger partial charge on any atom is -0.497 e. The van der Waals surface area contributed by atoms with E-state index < -0.39 is 5.54 Å². The lowest BCUT2D eigenvalue weighted by Gasteiger charge is -2.30. The Kier molecular flexibility index (Phi) is 7.31. The summed E-state index contributed by atoms with van der Waals surface area (Å²) in [6, 6.07) is 13.0. The topological polar surface area (TPSA) is 58.6 Å². The Morgan fingerprint density at radius 3 is 2.48 bits per heavy atom. The molecule has 1 aliphatic rings. The summed E-state index contributed by atoms with van der Waals surface area (Å²) in [6.45, 7) is 2.65. The number of methoxy groups -OCH3 is 1. The van der Waals surface area contributed by atoms with Crippen LogP contribution in [0.4, 0.5) is 4.39 Å². The van der Waals surface area contributed by atoms with Crippen molar-refractivity contribution in [3.63, 3.8) is 0 Å². The summed E-state index contributed by atoms with van der Waals surface area (Å²) in [4.78, 5) is 26.5. The summed E-state index contributed by atoms with van der Waals surface area (Å²) < 4.78 is 19.6. The zero-order chi connectivity index (χ0) is 22.4. The van der Waals surface area contributed by atoms with E-state index in [9.17, 15) is 14.0 Å². The number of nitrogens with zero attached hydrogens (tertiary/aromatic N) is 1. The molecular formula is C25H31FN2O3. The van der Waals surface area contributed by atoms with Crippen molar-refractivity contribution < 1.29 is 18.7 Å². The molecule has 1 atom stereocenters. The van der Waals surface area contributed by atoms with Crippen LogP contribution in [0, 0.1) is 5.82 Å². The van der Waals surface area contributed by atoms with Gasteiger partial charge in [-0.15, -0.1) is 0 Å². The molecule has 1 heterocycles. The molecule has 0 spiro atoms. The summed E-state index contributed by atoms with van der Waals surface area (Å²) in [6.07, 6.45) is 3.09. The van der Waals surface area contributed by atoms with Crippen molar-refractivity contribution in [1.82, 2.24) is 10.2 Å². The van der Waals surface area contributed by atoms with E-state index in [0.717, 1.165) is 12.0 Å². The van der Waals surface area contributed by atoms with Gasteiger partial charge >= 0.3 is 0 Å². The maximum absolute atomic E-state index is 14.5. The van der Waals surface area contributed by atoms with Gasteiger partial charge in [0.1, 0.15) is 11.6 Å². The first kappa shape index (κ1) is 22.8. The van der Waals surface area contributed by atoms with Crippen LogP contribution in [-0.2, 0) is 29.0 Å². The summed E-state index contributed by atoms with van der Waals surface area (Å²) >= 11 is 0. The molecule has 0 bridgehead atoms. The number of hydrogen-bond donors (Lipinski definition) is 1. The Bertz CT molecular complexity index is 929. The van der Waals surface area contributed by atoms with E-state index in [2.05, 4.69) is 24.4 Å². The van der Waals surface area contributed by atoms with E-state index in [-0.39, 0.29) is 17.6 Å². The lowest BCUT2D eigenvalue weighted by atomic mass is 9.84. The van der Waals surface area contributed by atoms with E-state index in [1.807, 2.05) is 12.1 Å². The van der Waals surface area contributed by atoms with E-state index >= 15 is 0 Å². The maximum atomic E-state index is 14.5. The van der Waals surface area contributed by atoms with Crippen LogP contribution in [0.5, 0.6) is 5.75 Å². The fourth-order valence-corrected chi connectivity index (χ4v) is 4.12. The van der Waals surface area contributed by atoms with Gasteiger partial charge in [-0.25, -0.2) is 4.39 Å². The normalized spacial score (nSPS) is 18.0. The third-order valence-corrected chi connectivity index (χ3v) is 6.12. The zero-order valence-corrected chi connectivity index (χ0v) is 18.5. The molecule has 1 aliphatic heterocycles. The average Bonchev–Trinajstić information content (AvgIpc) is 3.14. The van der Waals surface area contributed by atoms with Gasteiger partial charge in [-0.2, -0.15) is 0 Å². The second-order valence-corrected chi connectivity index (χ2v) is 8.38. The predicted octanol–water partition coefficient (Wildman–Crippen LogP) is 4.03. The molecule has 1 saturated heterocycles. The minimum absolute atomic E-state index is 0.00953. The van der Waals surface area contributed by atoms with Gasteiger partial charge in [0.2, 0.25) is 11.8 Å². The van der Waals surface area contributed by atoms with Crippen molar-refractivity contribution >= 4 is 11.8 Å². The Labute approximate surface area is 183 Å². The number of carbonyl (C=O) groups is 2. The second kappa shape index (κ2) is 9.94. The molecule has 166 valence electrons. The summed E-state index contributed by atoms with van der Waals surface area (Å²) in [5.41, 5.74) is 2.26. The van der Waals surface area contributed by atoms with Crippen LogP contribution in [0.3, 0.4) is 0 Å². The minimum atomic E-state index is -0.605. The summed E-state index contributed by atoms with van der Waals surface area (Å²) in [5, 5.41) is 3.02. The highest BCUT2D eigenvalue weighted by molar-refractivity contribution is 5.80. The Hall–Kier alpha value is -2.89. The number of carbonyl (C=O) groups excluding carboxylic acids is 2. The smallest absolute Gasteiger partial charge is 0.222 e. The third-order valence-electron chi connectivity index (χ3n) is 6.12. The van der Waals surface area contributed by atoms with Gasteiger partial charge in [0, 0.05) is 38.0 Å². The molecule has 0 aliphatic carbocycles. The molecule has 31 heavy (non-hydrogen) atoms. The van der Waals surface area contributed by atoms with E-state index in [1.54, 1.807) is 24.1 Å². The number of halogens is 1. The first-order valence-corrected chi connectivity index (χ1v) is 10.8. The van der Waals surface area contributed by atoms with Crippen LogP contribution in [0.1, 0.15) is 49.3 Å². The number of benzene rings is 2. The maximum Gasteiger partial charge on any atom is 0.222 e. The van der Waals surface area contributed by atoms with Crippen LogP contribution < -0.4 is 10.1 Å². The number of nitrogens with one attached hydrogen (secondary N) is 1. The Morgan fingerprint density at radius 1 is 1.19 bits per heavy atom. The van der Waals surface area contributed by atoms with Crippen LogP contribution in [0.25, 0.3) is 0 Å². The van der Waals surface area contributed by atoms with Crippen LogP contribution in [0.15, 0.2) is 42.5 Å². The first-order valence-electron chi connectivity index (χ1n) is 10.8. The van der Waals surface area contributed by atoms with Crippen molar-refractivity contribution in [3.8, 4) is 5.75 Å². The molecule has 0 saturated carbocycles. The SMILES string of the molecule is CCc1ccc(CN(C)C(=O)CCC2(Cc3ccc(OC)cc3F)CCC(=O)N2)cc1. The first-order chi connectivity index (χ1) is 14.8. The van der Waals surface area contributed by atoms with E-state index in [0.29, 0.717) is 50.0 Å². The van der Waals surface area contributed by atoms with Gasteiger partial charge in [-0.3, -0.25) is 9.59 Å². The van der Waals surface area contributed by atoms with E-state index in [1.165, 1.54) is 18.7 Å². The largest absolute Gasteiger partial charge is 0.497 e. The van der Waals surface area contributed by atoms with Crippen molar-refractivity contribution in [2.24, 2.45) is 0 Å². The zero-order valence-electron chi connectivity index (χ0n) is 18.5. The summed E-state index contributed by atoms with van der Waals surface area (Å²) in [5.74, 6) is 0.0504. The molecule has 5 nitrogen and oxygen atoms in total. The quantitative estimate of drug-likeness (QED) is 0.659. The third kappa shape index (κ3) is 5.84. The lowest BCUT2D eigenvalue weighted by Crippen LogP contribution is -2.44. The molecule has 3 rings (SSSR count). The molecular weight excluding hydrogens is 395 g/mol. The van der Waals surface area contributed by atoms with Crippen LogP contribution >= 0.6 is 0 Å².